The van der Waals surface area contributed by atoms with Gasteiger partial charge in [0, 0.05) is 19.0 Å². The van der Waals surface area contributed by atoms with E-state index < -0.39 is 16.1 Å². The van der Waals surface area contributed by atoms with Gasteiger partial charge < -0.3 is 4.74 Å². The number of nitrogens with zero attached hydrogens (tertiary/aromatic N) is 2. The third kappa shape index (κ3) is 3.42. The maximum absolute atomic E-state index is 12.6. The molecule has 1 aliphatic rings. The van der Waals surface area contributed by atoms with Crippen LogP contribution in [-0.4, -0.2) is 33.0 Å². The molecular formula is C15H17N3O4S2. The smallest absolute Gasteiger partial charge is 0.326 e. The van der Waals surface area contributed by atoms with Crippen molar-refractivity contribution >= 4 is 33.1 Å². The second-order valence-electron chi connectivity index (χ2n) is 5.30. The number of para-hydroxylation sites is 1. The fourth-order valence-electron chi connectivity index (χ4n) is 2.58. The third-order valence-corrected chi connectivity index (χ3v) is 5.86. The number of ether oxygens (including phenoxy) is 1. The Kier molecular flexibility index (Phi) is 4.83. The largest absolute Gasteiger partial charge is 0.378 e. The van der Waals surface area contributed by atoms with Crippen molar-refractivity contribution in [2.45, 2.75) is 19.4 Å². The highest BCUT2D eigenvalue weighted by atomic mass is 32.2. The predicted molar refractivity (Wildman–Crippen MR) is 91.3 cm³/mol. The molecule has 3 rings (SSSR count). The first-order valence-corrected chi connectivity index (χ1v) is 9.69. The van der Waals surface area contributed by atoms with Crippen molar-refractivity contribution in [3.8, 4) is 0 Å². The molecule has 7 nitrogen and oxygen atoms in total. The molecule has 0 spiro atoms. The molecular weight excluding hydrogens is 350 g/mol. The van der Waals surface area contributed by atoms with Crippen LogP contribution < -0.4 is 9.03 Å². The Morgan fingerprint density at radius 2 is 2.21 bits per heavy atom. The van der Waals surface area contributed by atoms with Gasteiger partial charge in [0.2, 0.25) is 0 Å². The number of carbonyl (C=O) groups excluding carboxylic acids is 1. The Labute approximate surface area is 144 Å². The molecule has 0 fully saturated rings. The molecule has 0 saturated carbocycles. The lowest BCUT2D eigenvalue weighted by Crippen LogP contribution is -2.45. The van der Waals surface area contributed by atoms with Gasteiger partial charge in [0.05, 0.1) is 12.3 Å². The van der Waals surface area contributed by atoms with Gasteiger partial charge in [0.1, 0.15) is 10.7 Å². The van der Waals surface area contributed by atoms with Crippen LogP contribution in [0, 0.1) is 0 Å². The van der Waals surface area contributed by atoms with Gasteiger partial charge >= 0.3 is 10.2 Å². The molecule has 1 aromatic heterocycles. The first kappa shape index (κ1) is 16.9. The standard InChI is InChI=1S/C15H17N3O4S2/c1-22-9-14-16-12(10-23-14)15(19)17-24(20,21)18-8-4-6-11-5-2-3-7-13(11)18/h2-3,5,7,10H,4,6,8-9H2,1H3,(H,17,19). The van der Waals surface area contributed by atoms with Crippen molar-refractivity contribution in [2.24, 2.45) is 0 Å². The minimum Gasteiger partial charge on any atom is -0.378 e. The Morgan fingerprint density at radius 1 is 1.42 bits per heavy atom. The van der Waals surface area contributed by atoms with E-state index in [-0.39, 0.29) is 12.3 Å². The Hall–Kier alpha value is -1.97. The fraction of sp³-hybridized carbons (Fsp3) is 0.333. The highest BCUT2D eigenvalue weighted by molar-refractivity contribution is 7.91. The van der Waals surface area contributed by atoms with Crippen LogP contribution >= 0.6 is 11.3 Å². The predicted octanol–water partition coefficient (Wildman–Crippen LogP) is 1.72. The van der Waals surface area contributed by atoms with Crippen LogP contribution in [0.25, 0.3) is 0 Å². The van der Waals surface area contributed by atoms with Crippen molar-refractivity contribution in [3.05, 3.63) is 45.9 Å². The summed E-state index contributed by atoms with van der Waals surface area (Å²) in [4.78, 5) is 16.3. The molecule has 0 atom stereocenters. The zero-order valence-corrected chi connectivity index (χ0v) is 14.7. The second kappa shape index (κ2) is 6.88. The summed E-state index contributed by atoms with van der Waals surface area (Å²) in [6, 6.07) is 7.31. The monoisotopic (exact) mass is 367 g/mol. The van der Waals surface area contributed by atoms with Gasteiger partial charge in [-0.25, -0.2) is 9.71 Å². The van der Waals surface area contributed by atoms with Gasteiger partial charge in [0.15, 0.2) is 0 Å². The van der Waals surface area contributed by atoms with Crippen molar-refractivity contribution in [3.63, 3.8) is 0 Å². The summed E-state index contributed by atoms with van der Waals surface area (Å²) in [5, 5.41) is 2.13. The number of nitrogens with one attached hydrogen (secondary N) is 1. The zero-order valence-electron chi connectivity index (χ0n) is 13.1. The number of hydrogen-bond acceptors (Lipinski definition) is 6. The molecule has 1 N–H and O–H groups in total. The number of aromatic nitrogens is 1. The Morgan fingerprint density at radius 3 is 3.00 bits per heavy atom. The van der Waals surface area contributed by atoms with E-state index in [9.17, 15) is 13.2 Å². The topological polar surface area (TPSA) is 88.6 Å². The number of rotatable bonds is 5. The van der Waals surface area contributed by atoms with Crippen LogP contribution in [0.3, 0.4) is 0 Å². The number of aryl methyl sites for hydroxylation is 1. The molecule has 1 amide bonds. The van der Waals surface area contributed by atoms with E-state index in [4.69, 9.17) is 4.74 Å². The van der Waals surface area contributed by atoms with Crippen LogP contribution in [0.4, 0.5) is 5.69 Å². The van der Waals surface area contributed by atoms with E-state index >= 15 is 0 Å². The fourth-order valence-corrected chi connectivity index (χ4v) is 4.58. The maximum Gasteiger partial charge on any atom is 0.326 e. The van der Waals surface area contributed by atoms with Crippen molar-refractivity contribution < 1.29 is 17.9 Å². The third-order valence-electron chi connectivity index (χ3n) is 3.63. The summed E-state index contributed by atoms with van der Waals surface area (Å²) in [6.07, 6.45) is 1.53. The van der Waals surface area contributed by atoms with Gasteiger partial charge in [-0.1, -0.05) is 18.2 Å². The van der Waals surface area contributed by atoms with Gasteiger partial charge in [-0.15, -0.1) is 11.3 Å². The van der Waals surface area contributed by atoms with Crippen molar-refractivity contribution in [2.75, 3.05) is 18.0 Å². The average Bonchev–Trinajstić information content (AvgIpc) is 3.03. The number of carbonyl (C=O) groups is 1. The molecule has 0 saturated heterocycles. The summed E-state index contributed by atoms with van der Waals surface area (Å²) in [5.41, 5.74) is 1.64. The van der Waals surface area contributed by atoms with Crippen LogP contribution in [0.15, 0.2) is 29.6 Å². The molecule has 0 unspecified atom stereocenters. The van der Waals surface area contributed by atoms with Crippen molar-refractivity contribution in [1.29, 1.82) is 0 Å². The minimum atomic E-state index is -3.98. The van der Waals surface area contributed by atoms with Crippen LogP contribution in [0.1, 0.15) is 27.5 Å². The molecule has 0 radical (unpaired) electrons. The molecule has 9 heteroatoms. The zero-order chi connectivity index (χ0) is 17.2. The number of thiazole rings is 1. The quantitative estimate of drug-likeness (QED) is 0.869. The molecule has 24 heavy (non-hydrogen) atoms. The van der Waals surface area contributed by atoms with Crippen molar-refractivity contribution in [1.82, 2.24) is 9.71 Å². The van der Waals surface area contributed by atoms with E-state index in [1.807, 2.05) is 12.1 Å². The molecule has 2 heterocycles. The Balaban J connectivity index is 1.80. The minimum absolute atomic E-state index is 0.0703. The molecule has 128 valence electrons. The molecule has 1 aliphatic heterocycles. The second-order valence-corrected chi connectivity index (χ2v) is 7.84. The molecule has 0 aliphatic carbocycles. The Bertz CT molecular complexity index is 848. The van der Waals surface area contributed by atoms with E-state index in [0.717, 1.165) is 12.0 Å². The number of methoxy groups -OCH3 is 1. The SMILES string of the molecule is COCc1nc(C(=O)NS(=O)(=O)N2CCCc3ccccc32)cs1. The highest BCUT2D eigenvalue weighted by Gasteiger charge is 2.29. The van der Waals surface area contributed by atoms with E-state index in [2.05, 4.69) is 9.71 Å². The van der Waals surface area contributed by atoms with Gasteiger partial charge in [-0.3, -0.25) is 9.10 Å². The number of anilines is 1. The summed E-state index contributed by atoms with van der Waals surface area (Å²) < 4.78 is 33.5. The van der Waals surface area contributed by atoms with Crippen LogP contribution in [0.5, 0.6) is 0 Å². The maximum atomic E-state index is 12.6. The molecule has 1 aromatic carbocycles. The summed E-state index contributed by atoms with van der Waals surface area (Å²) in [7, 11) is -2.45. The summed E-state index contributed by atoms with van der Waals surface area (Å²) >= 11 is 1.25. The number of amides is 1. The summed E-state index contributed by atoms with van der Waals surface area (Å²) in [6.45, 7) is 0.621. The number of benzene rings is 1. The van der Waals surface area contributed by atoms with E-state index in [1.54, 1.807) is 12.1 Å². The number of fused-ring (bicyclic) bond motifs is 1. The van der Waals surface area contributed by atoms with Crippen LogP contribution in [-0.2, 0) is 28.0 Å². The van der Waals surface area contributed by atoms with E-state index in [0.29, 0.717) is 23.7 Å². The average molecular weight is 367 g/mol. The first-order chi connectivity index (χ1) is 11.5. The number of hydrogen-bond donors (Lipinski definition) is 1. The summed E-state index contributed by atoms with van der Waals surface area (Å²) in [5.74, 6) is -0.739. The lowest BCUT2D eigenvalue weighted by molar-refractivity contribution is 0.0976. The lowest BCUT2D eigenvalue weighted by Gasteiger charge is -2.30. The van der Waals surface area contributed by atoms with Gasteiger partial charge in [-0.05, 0) is 24.5 Å². The first-order valence-electron chi connectivity index (χ1n) is 7.37. The van der Waals surface area contributed by atoms with Gasteiger partial charge in [-0.2, -0.15) is 8.42 Å². The molecule has 2 aromatic rings. The van der Waals surface area contributed by atoms with E-state index in [1.165, 1.54) is 28.1 Å². The van der Waals surface area contributed by atoms with Gasteiger partial charge in [0.25, 0.3) is 5.91 Å². The lowest BCUT2D eigenvalue weighted by atomic mass is 10.0. The highest BCUT2D eigenvalue weighted by Crippen LogP contribution is 2.28. The molecule has 0 bridgehead atoms. The van der Waals surface area contributed by atoms with Crippen LogP contribution in [0.2, 0.25) is 0 Å². The normalized spacial score (nSPS) is 14.3.